The van der Waals surface area contributed by atoms with Crippen LogP contribution in [0.1, 0.15) is 18.9 Å². The molecule has 1 rings (SSSR count). The van der Waals surface area contributed by atoms with Crippen molar-refractivity contribution >= 4 is 0 Å². The summed E-state index contributed by atoms with van der Waals surface area (Å²) in [6, 6.07) is 9.63. The van der Waals surface area contributed by atoms with Crippen LogP contribution in [0.2, 0.25) is 0 Å². The highest BCUT2D eigenvalue weighted by Crippen LogP contribution is 2.01. The van der Waals surface area contributed by atoms with Gasteiger partial charge in [-0.2, -0.15) is 0 Å². The van der Waals surface area contributed by atoms with Gasteiger partial charge in [0, 0.05) is 12.0 Å². The number of hydrogen-bond donors (Lipinski definition) is 1. The summed E-state index contributed by atoms with van der Waals surface area (Å²) in [5, 5.41) is 9.45. The lowest BCUT2D eigenvalue weighted by Gasteiger charge is -2.00. The van der Waals surface area contributed by atoms with Crippen molar-refractivity contribution in [2.45, 2.75) is 19.4 Å². The van der Waals surface area contributed by atoms with E-state index in [1.165, 1.54) is 0 Å². The fourth-order valence-corrected chi connectivity index (χ4v) is 1.07. The van der Waals surface area contributed by atoms with Gasteiger partial charge in [0.15, 0.2) is 0 Å². The maximum absolute atomic E-state index is 9.45. The van der Waals surface area contributed by atoms with Gasteiger partial charge in [0.25, 0.3) is 0 Å². The first-order valence-corrected chi connectivity index (χ1v) is 4.57. The Bertz CT molecular complexity index is 354. The van der Waals surface area contributed by atoms with Gasteiger partial charge >= 0.3 is 0 Å². The van der Waals surface area contributed by atoms with Gasteiger partial charge in [-0.1, -0.05) is 35.6 Å². The summed E-state index contributed by atoms with van der Waals surface area (Å²) in [6.07, 6.45) is -0.0625. The molecule has 1 N–H and O–H groups in total. The van der Waals surface area contributed by atoms with Crippen LogP contribution in [-0.4, -0.2) is 11.2 Å². The van der Waals surface area contributed by atoms with Gasteiger partial charge in [0.2, 0.25) is 0 Å². The van der Waals surface area contributed by atoms with E-state index in [-0.39, 0.29) is 0 Å². The molecular formula is C13H14O. The third-order valence-electron chi connectivity index (χ3n) is 1.70. The SMILES string of the molecule is C=C(C)C[C@H](O)C#Cc1ccccc1. The van der Waals surface area contributed by atoms with E-state index >= 15 is 0 Å². The molecule has 0 saturated heterocycles. The fourth-order valence-electron chi connectivity index (χ4n) is 1.07. The van der Waals surface area contributed by atoms with E-state index in [0.29, 0.717) is 6.42 Å². The number of aliphatic hydroxyl groups is 1. The standard InChI is InChI=1S/C13H14O/c1-11(2)10-13(14)9-8-12-6-4-3-5-7-12/h3-7,13-14H,1,10H2,2H3/t13-/m1/s1. The van der Waals surface area contributed by atoms with Crippen LogP contribution in [0.5, 0.6) is 0 Å². The monoisotopic (exact) mass is 186 g/mol. The van der Waals surface area contributed by atoms with E-state index in [1.54, 1.807) is 0 Å². The Labute approximate surface area is 85.1 Å². The summed E-state index contributed by atoms with van der Waals surface area (Å²) in [7, 11) is 0. The van der Waals surface area contributed by atoms with Gasteiger partial charge in [0.05, 0.1) is 0 Å². The van der Waals surface area contributed by atoms with Crippen molar-refractivity contribution in [3.8, 4) is 11.8 Å². The second kappa shape index (κ2) is 5.26. The molecule has 1 atom stereocenters. The number of rotatable bonds is 2. The predicted octanol–water partition coefficient (Wildman–Crippen LogP) is 2.37. The Hall–Kier alpha value is -1.52. The van der Waals surface area contributed by atoms with Crippen LogP contribution in [0.3, 0.4) is 0 Å². The normalized spacial score (nSPS) is 11.3. The van der Waals surface area contributed by atoms with Crippen LogP contribution >= 0.6 is 0 Å². The minimum Gasteiger partial charge on any atom is -0.380 e. The van der Waals surface area contributed by atoms with E-state index in [0.717, 1.165) is 11.1 Å². The van der Waals surface area contributed by atoms with Gasteiger partial charge in [-0.05, 0) is 19.1 Å². The van der Waals surface area contributed by atoms with Crippen molar-refractivity contribution in [1.82, 2.24) is 0 Å². The third-order valence-corrected chi connectivity index (χ3v) is 1.70. The van der Waals surface area contributed by atoms with E-state index < -0.39 is 6.10 Å². The Morgan fingerprint density at radius 1 is 1.43 bits per heavy atom. The third kappa shape index (κ3) is 3.93. The first-order valence-electron chi connectivity index (χ1n) is 4.57. The Morgan fingerprint density at radius 2 is 2.07 bits per heavy atom. The van der Waals surface area contributed by atoms with Gasteiger partial charge in [-0.3, -0.25) is 0 Å². The van der Waals surface area contributed by atoms with E-state index in [2.05, 4.69) is 18.4 Å². The highest BCUT2D eigenvalue weighted by molar-refractivity contribution is 5.34. The molecule has 0 aromatic heterocycles. The molecule has 0 amide bonds. The minimum absolute atomic E-state index is 0.542. The van der Waals surface area contributed by atoms with Gasteiger partial charge in [-0.25, -0.2) is 0 Å². The van der Waals surface area contributed by atoms with Gasteiger partial charge < -0.3 is 5.11 Å². The lowest BCUT2D eigenvalue weighted by Crippen LogP contribution is -2.02. The maximum Gasteiger partial charge on any atom is 0.118 e. The summed E-state index contributed by atoms with van der Waals surface area (Å²) < 4.78 is 0. The van der Waals surface area contributed by atoms with E-state index in [9.17, 15) is 5.11 Å². The molecule has 14 heavy (non-hydrogen) atoms. The molecule has 0 aliphatic rings. The highest BCUT2D eigenvalue weighted by Gasteiger charge is 1.97. The average Bonchev–Trinajstić information content (AvgIpc) is 2.15. The van der Waals surface area contributed by atoms with Crippen molar-refractivity contribution in [3.63, 3.8) is 0 Å². The molecule has 1 nitrogen and oxygen atoms in total. The second-order valence-corrected chi connectivity index (χ2v) is 3.31. The smallest absolute Gasteiger partial charge is 0.118 e. The van der Waals surface area contributed by atoms with E-state index in [4.69, 9.17) is 0 Å². The molecule has 1 aromatic carbocycles. The Kier molecular flexibility index (Phi) is 3.97. The molecule has 1 aromatic rings. The highest BCUT2D eigenvalue weighted by atomic mass is 16.3. The maximum atomic E-state index is 9.45. The quantitative estimate of drug-likeness (QED) is 0.555. The van der Waals surface area contributed by atoms with Crippen LogP contribution in [0.4, 0.5) is 0 Å². The van der Waals surface area contributed by atoms with Crippen LogP contribution in [0.15, 0.2) is 42.5 Å². The molecule has 0 fully saturated rings. The molecule has 0 unspecified atom stereocenters. The van der Waals surface area contributed by atoms with Crippen molar-refractivity contribution in [2.24, 2.45) is 0 Å². The van der Waals surface area contributed by atoms with Gasteiger partial charge in [0.1, 0.15) is 6.10 Å². The summed E-state index contributed by atoms with van der Waals surface area (Å²) in [4.78, 5) is 0. The lowest BCUT2D eigenvalue weighted by atomic mass is 10.1. The summed E-state index contributed by atoms with van der Waals surface area (Å²) in [5.41, 5.74) is 1.87. The first kappa shape index (κ1) is 10.6. The fraction of sp³-hybridized carbons (Fsp3) is 0.231. The molecule has 0 heterocycles. The van der Waals surface area contributed by atoms with Crippen LogP contribution < -0.4 is 0 Å². The predicted molar refractivity (Wildman–Crippen MR) is 58.8 cm³/mol. The summed E-state index contributed by atoms with van der Waals surface area (Å²) in [6.45, 7) is 5.60. The van der Waals surface area contributed by atoms with Crippen molar-refractivity contribution in [3.05, 3.63) is 48.0 Å². The molecule has 0 aliphatic carbocycles. The van der Waals surface area contributed by atoms with Crippen molar-refractivity contribution in [2.75, 3.05) is 0 Å². The molecule has 1 heteroatoms. The van der Waals surface area contributed by atoms with Gasteiger partial charge in [-0.15, -0.1) is 6.58 Å². The number of hydrogen-bond acceptors (Lipinski definition) is 1. The Balaban J connectivity index is 2.60. The van der Waals surface area contributed by atoms with Crippen molar-refractivity contribution < 1.29 is 5.11 Å². The number of benzene rings is 1. The largest absolute Gasteiger partial charge is 0.380 e. The topological polar surface area (TPSA) is 20.2 Å². The molecule has 0 radical (unpaired) electrons. The first-order chi connectivity index (χ1) is 6.68. The minimum atomic E-state index is -0.604. The van der Waals surface area contributed by atoms with Crippen LogP contribution in [-0.2, 0) is 0 Å². The Morgan fingerprint density at radius 3 is 2.64 bits per heavy atom. The van der Waals surface area contributed by atoms with Crippen LogP contribution in [0.25, 0.3) is 0 Å². The van der Waals surface area contributed by atoms with Crippen molar-refractivity contribution in [1.29, 1.82) is 0 Å². The summed E-state index contributed by atoms with van der Waals surface area (Å²) >= 11 is 0. The summed E-state index contributed by atoms with van der Waals surface area (Å²) in [5.74, 6) is 5.68. The molecule has 0 bridgehead atoms. The van der Waals surface area contributed by atoms with E-state index in [1.807, 2.05) is 37.3 Å². The zero-order valence-corrected chi connectivity index (χ0v) is 8.33. The molecule has 0 spiro atoms. The average molecular weight is 186 g/mol. The zero-order chi connectivity index (χ0) is 10.4. The molecule has 0 aliphatic heterocycles. The van der Waals surface area contributed by atoms with Crippen LogP contribution in [0, 0.1) is 11.8 Å². The molecule has 72 valence electrons. The zero-order valence-electron chi connectivity index (χ0n) is 8.33. The second-order valence-electron chi connectivity index (χ2n) is 3.31. The lowest BCUT2D eigenvalue weighted by molar-refractivity contribution is 0.233. The molecule has 0 saturated carbocycles. The number of aliphatic hydroxyl groups excluding tert-OH is 1. The molecular weight excluding hydrogens is 172 g/mol.